The van der Waals surface area contributed by atoms with Crippen molar-refractivity contribution in [1.82, 2.24) is 9.21 Å². The molecule has 1 unspecified atom stereocenters. The highest BCUT2D eigenvalue weighted by atomic mass is 32.2. The Balaban J connectivity index is 1.54. The van der Waals surface area contributed by atoms with Crippen molar-refractivity contribution in [3.8, 4) is 0 Å². The van der Waals surface area contributed by atoms with Crippen molar-refractivity contribution in [1.29, 1.82) is 0 Å². The summed E-state index contributed by atoms with van der Waals surface area (Å²) in [7, 11) is -3.59. The molecule has 1 fully saturated rings. The molecule has 3 amide bonds. The van der Waals surface area contributed by atoms with Crippen LogP contribution >= 0.6 is 0 Å². The molecule has 140 valence electrons. The van der Waals surface area contributed by atoms with E-state index in [1.165, 1.54) is 4.31 Å². The Hall–Kier alpha value is -2.26. The fraction of sp³-hybridized carbons (Fsp3) is 0.471. The van der Waals surface area contributed by atoms with Crippen LogP contribution in [0.2, 0.25) is 0 Å². The van der Waals surface area contributed by atoms with Gasteiger partial charge in [0, 0.05) is 13.1 Å². The number of nitrogens with zero attached hydrogens (tertiary/aromatic N) is 2. The Bertz CT molecular complexity index is 817. The van der Waals surface area contributed by atoms with Gasteiger partial charge in [0.15, 0.2) is 0 Å². The van der Waals surface area contributed by atoms with Gasteiger partial charge in [-0.1, -0.05) is 12.1 Å². The summed E-state index contributed by atoms with van der Waals surface area (Å²) in [5.41, 5.74) is 6.03. The third-order valence-electron chi connectivity index (χ3n) is 4.80. The normalized spacial score (nSPS) is 20.6. The van der Waals surface area contributed by atoms with Crippen molar-refractivity contribution >= 4 is 27.7 Å². The van der Waals surface area contributed by atoms with Crippen molar-refractivity contribution in [3.63, 3.8) is 0 Å². The number of imide groups is 1. The van der Waals surface area contributed by atoms with E-state index >= 15 is 0 Å². The summed E-state index contributed by atoms with van der Waals surface area (Å²) < 4.78 is 26.0. The maximum Gasteiger partial charge on any atom is 0.261 e. The number of carbonyl (C=O) groups excluding carboxylic acids is 3. The monoisotopic (exact) mass is 379 g/mol. The van der Waals surface area contributed by atoms with Gasteiger partial charge in [0.2, 0.25) is 15.9 Å². The van der Waals surface area contributed by atoms with E-state index in [9.17, 15) is 22.8 Å². The van der Waals surface area contributed by atoms with Gasteiger partial charge in [0.05, 0.1) is 16.9 Å². The zero-order valence-electron chi connectivity index (χ0n) is 14.3. The minimum atomic E-state index is -3.59. The highest BCUT2D eigenvalue weighted by Gasteiger charge is 2.37. The highest BCUT2D eigenvalue weighted by molar-refractivity contribution is 7.89. The van der Waals surface area contributed by atoms with Gasteiger partial charge in [-0.25, -0.2) is 8.42 Å². The van der Waals surface area contributed by atoms with Crippen LogP contribution in [0.5, 0.6) is 0 Å². The SMILES string of the molecule is NC(=O)C1CCCN1S(=O)(=O)CCCCN1C(=O)c2ccccc2C1=O. The first kappa shape index (κ1) is 18.5. The third kappa shape index (κ3) is 3.36. The van der Waals surface area contributed by atoms with E-state index < -0.39 is 22.0 Å². The second-order valence-electron chi connectivity index (χ2n) is 6.50. The number of hydrogen-bond acceptors (Lipinski definition) is 5. The number of unbranched alkanes of at least 4 members (excludes halogenated alkanes) is 1. The Morgan fingerprint density at radius 3 is 2.31 bits per heavy atom. The lowest BCUT2D eigenvalue weighted by molar-refractivity contribution is -0.121. The molecular weight excluding hydrogens is 358 g/mol. The van der Waals surface area contributed by atoms with Crippen molar-refractivity contribution in [2.24, 2.45) is 5.73 Å². The van der Waals surface area contributed by atoms with Crippen molar-refractivity contribution in [2.45, 2.75) is 31.7 Å². The van der Waals surface area contributed by atoms with E-state index in [2.05, 4.69) is 0 Å². The van der Waals surface area contributed by atoms with Gasteiger partial charge in [-0.2, -0.15) is 4.31 Å². The second kappa shape index (κ2) is 7.16. The van der Waals surface area contributed by atoms with Crippen LogP contribution in [0.15, 0.2) is 24.3 Å². The molecule has 1 saturated heterocycles. The van der Waals surface area contributed by atoms with Crippen LogP contribution in [0.1, 0.15) is 46.4 Å². The third-order valence-corrected chi connectivity index (χ3v) is 6.76. The summed E-state index contributed by atoms with van der Waals surface area (Å²) in [6.45, 7) is 0.468. The minimum Gasteiger partial charge on any atom is -0.368 e. The molecular formula is C17H21N3O5S. The number of nitrogens with two attached hydrogens (primary N) is 1. The largest absolute Gasteiger partial charge is 0.368 e. The maximum atomic E-state index is 12.4. The molecule has 0 saturated carbocycles. The molecule has 8 nitrogen and oxygen atoms in total. The van der Waals surface area contributed by atoms with Crippen LogP contribution in [0.4, 0.5) is 0 Å². The topological polar surface area (TPSA) is 118 Å². The number of primary amides is 1. The summed E-state index contributed by atoms with van der Waals surface area (Å²) in [6, 6.07) is 5.85. The lowest BCUT2D eigenvalue weighted by Gasteiger charge is -2.21. The number of carbonyl (C=O) groups is 3. The quantitative estimate of drug-likeness (QED) is 0.541. The first-order valence-corrected chi connectivity index (χ1v) is 10.2. The minimum absolute atomic E-state index is 0.139. The van der Waals surface area contributed by atoms with Gasteiger partial charge < -0.3 is 5.73 Å². The summed E-state index contributed by atoms with van der Waals surface area (Å²) in [4.78, 5) is 37.0. The zero-order chi connectivity index (χ0) is 18.9. The zero-order valence-corrected chi connectivity index (χ0v) is 15.1. The van der Waals surface area contributed by atoms with Crippen LogP contribution in [0.3, 0.4) is 0 Å². The molecule has 0 aromatic heterocycles. The van der Waals surface area contributed by atoms with Gasteiger partial charge in [0.25, 0.3) is 11.8 Å². The second-order valence-corrected chi connectivity index (χ2v) is 8.54. The Morgan fingerprint density at radius 1 is 1.12 bits per heavy atom. The molecule has 9 heteroatoms. The Labute approximate surface area is 152 Å². The summed E-state index contributed by atoms with van der Waals surface area (Å²) >= 11 is 0. The Morgan fingerprint density at radius 2 is 1.73 bits per heavy atom. The molecule has 1 aromatic rings. The molecule has 2 heterocycles. The van der Waals surface area contributed by atoms with Gasteiger partial charge in [-0.3, -0.25) is 19.3 Å². The average molecular weight is 379 g/mol. The fourth-order valence-electron chi connectivity index (χ4n) is 3.47. The molecule has 0 aliphatic carbocycles. The van der Waals surface area contributed by atoms with E-state index in [1.807, 2.05) is 0 Å². The fourth-order valence-corrected chi connectivity index (χ4v) is 5.28. The average Bonchev–Trinajstić information content (AvgIpc) is 3.19. The molecule has 1 atom stereocenters. The van der Waals surface area contributed by atoms with Crippen molar-refractivity contribution in [2.75, 3.05) is 18.8 Å². The Kier molecular flexibility index (Phi) is 5.10. The van der Waals surface area contributed by atoms with E-state index in [1.54, 1.807) is 24.3 Å². The predicted molar refractivity (Wildman–Crippen MR) is 93.8 cm³/mol. The van der Waals surface area contributed by atoms with Crippen LogP contribution in [0, 0.1) is 0 Å². The molecule has 0 bridgehead atoms. The number of rotatable bonds is 7. The summed E-state index contributed by atoms with van der Waals surface area (Å²) in [5, 5.41) is 0. The lowest BCUT2D eigenvalue weighted by Crippen LogP contribution is -2.44. The first-order valence-electron chi connectivity index (χ1n) is 8.57. The molecule has 2 aliphatic rings. The molecule has 2 aliphatic heterocycles. The number of benzene rings is 1. The molecule has 3 rings (SSSR count). The lowest BCUT2D eigenvalue weighted by atomic mass is 10.1. The van der Waals surface area contributed by atoms with Crippen LogP contribution in [0.25, 0.3) is 0 Å². The summed E-state index contributed by atoms with van der Waals surface area (Å²) in [5.74, 6) is -1.46. The summed E-state index contributed by atoms with van der Waals surface area (Å²) in [6.07, 6.45) is 1.73. The van der Waals surface area contributed by atoms with Gasteiger partial charge >= 0.3 is 0 Å². The first-order chi connectivity index (χ1) is 12.3. The smallest absolute Gasteiger partial charge is 0.261 e. The molecule has 2 N–H and O–H groups in total. The van der Waals surface area contributed by atoms with Gasteiger partial charge in [-0.15, -0.1) is 0 Å². The van der Waals surface area contributed by atoms with E-state index in [0.29, 0.717) is 36.9 Å². The van der Waals surface area contributed by atoms with E-state index in [-0.39, 0.29) is 30.5 Å². The number of fused-ring (bicyclic) bond motifs is 1. The molecule has 26 heavy (non-hydrogen) atoms. The maximum absolute atomic E-state index is 12.4. The van der Waals surface area contributed by atoms with Gasteiger partial charge in [-0.05, 0) is 37.8 Å². The number of hydrogen-bond donors (Lipinski definition) is 1. The van der Waals surface area contributed by atoms with Gasteiger partial charge in [0.1, 0.15) is 6.04 Å². The van der Waals surface area contributed by atoms with Crippen LogP contribution in [-0.4, -0.2) is 60.2 Å². The number of amides is 3. The number of sulfonamides is 1. The molecule has 0 spiro atoms. The van der Waals surface area contributed by atoms with Crippen LogP contribution in [-0.2, 0) is 14.8 Å². The van der Waals surface area contributed by atoms with E-state index in [4.69, 9.17) is 5.73 Å². The standard InChI is InChI=1S/C17H21N3O5S/c18-15(21)14-8-5-10-20(14)26(24,25)11-4-3-9-19-16(22)12-6-1-2-7-13(12)17(19)23/h1-2,6-7,14H,3-5,8-11H2,(H2,18,21). The van der Waals surface area contributed by atoms with Crippen LogP contribution < -0.4 is 5.73 Å². The molecule has 1 aromatic carbocycles. The highest BCUT2D eigenvalue weighted by Crippen LogP contribution is 2.24. The van der Waals surface area contributed by atoms with E-state index in [0.717, 1.165) is 4.90 Å². The predicted octanol–water partition coefficient (Wildman–Crippen LogP) is 0.342. The van der Waals surface area contributed by atoms with Crippen molar-refractivity contribution < 1.29 is 22.8 Å². The molecule has 0 radical (unpaired) electrons. The van der Waals surface area contributed by atoms with Crippen molar-refractivity contribution in [3.05, 3.63) is 35.4 Å².